The quantitative estimate of drug-likeness (QED) is 0.843. The molecule has 0 fully saturated rings. The van der Waals surface area contributed by atoms with Crippen LogP contribution in [0.15, 0.2) is 18.2 Å². The molecule has 18 heavy (non-hydrogen) atoms. The van der Waals surface area contributed by atoms with E-state index in [9.17, 15) is 4.79 Å². The van der Waals surface area contributed by atoms with Gasteiger partial charge in [-0.15, -0.1) is 0 Å². The third-order valence-electron chi connectivity index (χ3n) is 2.95. The molecule has 0 saturated heterocycles. The average molecular weight is 250 g/mol. The van der Waals surface area contributed by atoms with Crippen LogP contribution in [-0.4, -0.2) is 31.2 Å². The minimum atomic E-state index is -0.822. The molecule has 0 spiro atoms. The Balaban J connectivity index is 2.97. The first kappa shape index (κ1) is 14.4. The zero-order chi connectivity index (χ0) is 13.9. The fraction of sp³-hybridized carbons (Fsp3) is 0.500. The predicted octanol–water partition coefficient (Wildman–Crippen LogP) is 2.58. The number of benzene rings is 1. The van der Waals surface area contributed by atoms with Gasteiger partial charge in [0.2, 0.25) is 0 Å². The highest BCUT2D eigenvalue weighted by molar-refractivity contribution is 5.78. The highest BCUT2D eigenvalue weighted by atomic mass is 16.4. The maximum Gasteiger partial charge on any atom is 0.326 e. The van der Waals surface area contributed by atoms with Crippen LogP contribution in [0.5, 0.6) is 0 Å². The number of hydrogen-bond acceptors (Lipinski definition) is 3. The van der Waals surface area contributed by atoms with Crippen LogP contribution in [0.2, 0.25) is 0 Å². The summed E-state index contributed by atoms with van der Waals surface area (Å²) in [5, 5.41) is 12.2. The van der Waals surface area contributed by atoms with E-state index in [2.05, 4.69) is 5.32 Å². The zero-order valence-electron chi connectivity index (χ0n) is 11.7. The van der Waals surface area contributed by atoms with E-state index in [1.54, 1.807) is 0 Å². The van der Waals surface area contributed by atoms with Crippen molar-refractivity contribution in [2.75, 3.05) is 24.3 Å². The van der Waals surface area contributed by atoms with Gasteiger partial charge in [0.15, 0.2) is 0 Å². The first-order chi connectivity index (χ1) is 8.32. The highest BCUT2D eigenvalue weighted by Gasteiger charge is 2.21. The number of rotatable bonds is 5. The Morgan fingerprint density at radius 2 is 1.94 bits per heavy atom. The Bertz CT molecular complexity index is 428. The molecular formula is C14H22N2O2. The fourth-order valence-electron chi connectivity index (χ4n) is 1.87. The van der Waals surface area contributed by atoms with Crippen molar-refractivity contribution in [3.8, 4) is 0 Å². The van der Waals surface area contributed by atoms with Crippen LogP contribution in [-0.2, 0) is 4.79 Å². The Hall–Kier alpha value is -1.71. The van der Waals surface area contributed by atoms with Crippen LogP contribution in [0.25, 0.3) is 0 Å². The fourth-order valence-corrected chi connectivity index (χ4v) is 1.87. The van der Waals surface area contributed by atoms with Crippen LogP contribution in [0.4, 0.5) is 11.4 Å². The topological polar surface area (TPSA) is 52.6 Å². The Kier molecular flexibility index (Phi) is 4.59. The lowest BCUT2D eigenvalue weighted by Crippen LogP contribution is -2.34. The van der Waals surface area contributed by atoms with E-state index in [0.29, 0.717) is 0 Å². The van der Waals surface area contributed by atoms with Crippen LogP contribution in [0.1, 0.15) is 19.4 Å². The Morgan fingerprint density at radius 3 is 2.39 bits per heavy atom. The van der Waals surface area contributed by atoms with E-state index in [0.717, 1.165) is 11.4 Å². The van der Waals surface area contributed by atoms with Gasteiger partial charge in [0.25, 0.3) is 0 Å². The summed E-state index contributed by atoms with van der Waals surface area (Å²) in [7, 11) is 3.95. The second-order valence-corrected chi connectivity index (χ2v) is 5.10. The third-order valence-corrected chi connectivity index (χ3v) is 2.95. The van der Waals surface area contributed by atoms with Crippen molar-refractivity contribution in [2.24, 2.45) is 5.92 Å². The van der Waals surface area contributed by atoms with Crippen molar-refractivity contribution in [3.63, 3.8) is 0 Å². The zero-order valence-corrected chi connectivity index (χ0v) is 11.7. The lowest BCUT2D eigenvalue weighted by Gasteiger charge is -2.22. The minimum absolute atomic E-state index is 0.0339. The highest BCUT2D eigenvalue weighted by Crippen LogP contribution is 2.23. The van der Waals surface area contributed by atoms with Gasteiger partial charge in [0.1, 0.15) is 6.04 Å². The van der Waals surface area contributed by atoms with Crippen LogP contribution < -0.4 is 10.2 Å². The maximum absolute atomic E-state index is 11.2. The molecule has 0 saturated carbocycles. The van der Waals surface area contributed by atoms with Gasteiger partial charge in [-0.1, -0.05) is 19.9 Å². The van der Waals surface area contributed by atoms with E-state index >= 15 is 0 Å². The summed E-state index contributed by atoms with van der Waals surface area (Å²) < 4.78 is 0. The van der Waals surface area contributed by atoms with Crippen LogP contribution in [0, 0.1) is 12.8 Å². The molecular weight excluding hydrogens is 228 g/mol. The summed E-state index contributed by atoms with van der Waals surface area (Å²) in [4.78, 5) is 13.2. The molecule has 0 amide bonds. The van der Waals surface area contributed by atoms with Crippen molar-refractivity contribution in [2.45, 2.75) is 26.8 Å². The van der Waals surface area contributed by atoms with Gasteiger partial charge in [-0.3, -0.25) is 0 Å². The number of carboxylic acids is 1. The van der Waals surface area contributed by atoms with Crippen molar-refractivity contribution in [1.29, 1.82) is 0 Å². The van der Waals surface area contributed by atoms with Crippen molar-refractivity contribution in [1.82, 2.24) is 0 Å². The molecule has 1 aromatic carbocycles. The predicted molar refractivity (Wildman–Crippen MR) is 75.4 cm³/mol. The largest absolute Gasteiger partial charge is 0.480 e. The van der Waals surface area contributed by atoms with Crippen molar-refractivity contribution >= 4 is 17.3 Å². The summed E-state index contributed by atoms with van der Waals surface area (Å²) in [6.07, 6.45) is 0. The van der Waals surface area contributed by atoms with Crippen molar-refractivity contribution in [3.05, 3.63) is 23.8 Å². The molecule has 4 nitrogen and oxygen atoms in total. The summed E-state index contributed by atoms with van der Waals surface area (Å²) in [6, 6.07) is 5.33. The SMILES string of the molecule is Cc1ccc(NC(C(=O)O)C(C)C)cc1N(C)C. The van der Waals surface area contributed by atoms with Gasteiger partial charge < -0.3 is 15.3 Å². The molecule has 100 valence electrons. The molecule has 0 aliphatic heterocycles. The molecule has 0 aliphatic rings. The van der Waals surface area contributed by atoms with Crippen LogP contribution in [0.3, 0.4) is 0 Å². The van der Waals surface area contributed by atoms with E-state index in [1.807, 2.05) is 58.0 Å². The van der Waals surface area contributed by atoms with Gasteiger partial charge >= 0.3 is 5.97 Å². The van der Waals surface area contributed by atoms with Gasteiger partial charge in [-0.05, 0) is 30.5 Å². The maximum atomic E-state index is 11.2. The number of anilines is 2. The first-order valence-corrected chi connectivity index (χ1v) is 6.10. The summed E-state index contributed by atoms with van der Waals surface area (Å²) in [5.74, 6) is -0.788. The number of hydrogen-bond donors (Lipinski definition) is 2. The molecule has 0 heterocycles. The van der Waals surface area contributed by atoms with E-state index in [1.165, 1.54) is 5.56 Å². The second-order valence-electron chi connectivity index (χ2n) is 5.10. The molecule has 0 radical (unpaired) electrons. The van der Waals surface area contributed by atoms with Gasteiger partial charge in [-0.25, -0.2) is 4.79 Å². The lowest BCUT2D eigenvalue weighted by atomic mass is 10.0. The lowest BCUT2D eigenvalue weighted by molar-refractivity contribution is -0.138. The van der Waals surface area contributed by atoms with E-state index in [4.69, 9.17) is 5.11 Å². The smallest absolute Gasteiger partial charge is 0.326 e. The third kappa shape index (κ3) is 3.39. The molecule has 0 aromatic heterocycles. The summed E-state index contributed by atoms with van der Waals surface area (Å²) in [6.45, 7) is 5.83. The number of aryl methyl sites for hydroxylation is 1. The first-order valence-electron chi connectivity index (χ1n) is 6.10. The monoisotopic (exact) mass is 250 g/mol. The molecule has 0 aliphatic carbocycles. The minimum Gasteiger partial charge on any atom is -0.480 e. The molecule has 1 rings (SSSR count). The van der Waals surface area contributed by atoms with Gasteiger partial charge in [0.05, 0.1) is 0 Å². The van der Waals surface area contributed by atoms with Gasteiger partial charge in [0, 0.05) is 25.5 Å². The molecule has 1 aromatic rings. The van der Waals surface area contributed by atoms with Crippen molar-refractivity contribution < 1.29 is 9.90 Å². The number of nitrogens with zero attached hydrogens (tertiary/aromatic N) is 1. The number of carboxylic acid groups (broad SMARTS) is 1. The molecule has 0 bridgehead atoms. The second kappa shape index (κ2) is 5.76. The molecule has 1 atom stereocenters. The number of aliphatic carboxylic acids is 1. The summed E-state index contributed by atoms with van der Waals surface area (Å²) in [5.41, 5.74) is 3.10. The number of nitrogens with one attached hydrogen (secondary N) is 1. The Labute approximate surface area is 109 Å². The van der Waals surface area contributed by atoms with Crippen LogP contribution >= 0.6 is 0 Å². The summed E-state index contributed by atoms with van der Waals surface area (Å²) >= 11 is 0. The van der Waals surface area contributed by atoms with E-state index < -0.39 is 12.0 Å². The van der Waals surface area contributed by atoms with Gasteiger partial charge in [-0.2, -0.15) is 0 Å². The normalized spacial score (nSPS) is 12.3. The molecule has 2 N–H and O–H groups in total. The Morgan fingerprint density at radius 1 is 1.33 bits per heavy atom. The number of carbonyl (C=O) groups is 1. The molecule has 4 heteroatoms. The van der Waals surface area contributed by atoms with E-state index in [-0.39, 0.29) is 5.92 Å². The standard InChI is InChI=1S/C14H22N2O2/c1-9(2)13(14(17)18)15-11-7-6-10(3)12(8-11)16(4)5/h6-9,13,15H,1-5H3,(H,17,18). The average Bonchev–Trinajstić information content (AvgIpc) is 2.26. The molecule has 1 unspecified atom stereocenters.